The van der Waals surface area contributed by atoms with E-state index < -0.39 is 0 Å². The van der Waals surface area contributed by atoms with Gasteiger partial charge in [-0.2, -0.15) is 0 Å². The van der Waals surface area contributed by atoms with Crippen molar-refractivity contribution in [3.8, 4) is 11.3 Å². The molecule has 0 aliphatic heterocycles. The monoisotopic (exact) mass is 410 g/mol. The molecule has 31 heavy (non-hydrogen) atoms. The van der Waals surface area contributed by atoms with Crippen LogP contribution in [0.2, 0.25) is 0 Å². The number of aryl methyl sites for hydroxylation is 1. The van der Waals surface area contributed by atoms with Crippen molar-refractivity contribution in [2.75, 3.05) is 5.32 Å². The molecular formula is C25H18N2O4. The topological polar surface area (TPSA) is 85.3 Å². The fraction of sp³-hybridized carbons (Fsp3) is 0.0800. The van der Waals surface area contributed by atoms with Crippen LogP contribution < -0.4 is 10.7 Å². The third kappa shape index (κ3) is 3.28. The fourth-order valence-corrected chi connectivity index (χ4v) is 3.67. The van der Waals surface area contributed by atoms with Crippen LogP contribution in [-0.2, 0) is 0 Å². The maximum atomic E-state index is 13.1. The normalized spacial score (nSPS) is 11.2. The van der Waals surface area contributed by atoms with Crippen LogP contribution in [0.3, 0.4) is 0 Å². The van der Waals surface area contributed by atoms with Crippen molar-refractivity contribution in [1.29, 1.82) is 0 Å². The van der Waals surface area contributed by atoms with E-state index in [2.05, 4.69) is 10.3 Å². The molecule has 2 heterocycles. The molecule has 0 atom stereocenters. The molecule has 0 saturated heterocycles. The van der Waals surface area contributed by atoms with Crippen LogP contribution in [-0.4, -0.2) is 10.9 Å². The van der Waals surface area contributed by atoms with Gasteiger partial charge in [-0.3, -0.25) is 9.59 Å². The lowest BCUT2D eigenvalue weighted by Crippen LogP contribution is -2.15. The molecule has 0 saturated carbocycles. The van der Waals surface area contributed by atoms with E-state index in [9.17, 15) is 9.59 Å². The highest BCUT2D eigenvalue weighted by Gasteiger charge is 2.18. The third-order valence-electron chi connectivity index (χ3n) is 5.18. The second-order valence-corrected chi connectivity index (χ2v) is 7.30. The molecule has 2 aromatic heterocycles. The predicted octanol–water partition coefficient (Wildman–Crippen LogP) is 5.47. The highest BCUT2D eigenvalue weighted by molar-refractivity contribution is 6.11. The van der Waals surface area contributed by atoms with Crippen LogP contribution in [0.1, 0.15) is 21.8 Å². The van der Waals surface area contributed by atoms with E-state index in [0.29, 0.717) is 39.4 Å². The van der Waals surface area contributed by atoms with Crippen LogP contribution in [0.4, 0.5) is 5.69 Å². The van der Waals surface area contributed by atoms with Gasteiger partial charge >= 0.3 is 0 Å². The molecule has 0 fully saturated rings. The summed E-state index contributed by atoms with van der Waals surface area (Å²) in [5, 5.41) is 3.23. The number of nitrogens with zero attached hydrogens (tertiary/aromatic N) is 1. The van der Waals surface area contributed by atoms with E-state index in [1.165, 1.54) is 0 Å². The molecule has 0 unspecified atom stereocenters. The van der Waals surface area contributed by atoms with Gasteiger partial charge in [0, 0.05) is 23.7 Å². The molecule has 0 bridgehead atoms. The first kappa shape index (κ1) is 18.8. The average molecular weight is 410 g/mol. The summed E-state index contributed by atoms with van der Waals surface area (Å²) in [5.74, 6) is 0.632. The number of amides is 1. The molecule has 152 valence electrons. The van der Waals surface area contributed by atoms with Crippen molar-refractivity contribution in [1.82, 2.24) is 4.98 Å². The summed E-state index contributed by atoms with van der Waals surface area (Å²) in [6, 6.07) is 19.6. The van der Waals surface area contributed by atoms with E-state index in [1.807, 2.05) is 30.3 Å². The summed E-state index contributed by atoms with van der Waals surface area (Å²) >= 11 is 0. The number of fused-ring (bicyclic) bond motifs is 2. The van der Waals surface area contributed by atoms with Crippen LogP contribution in [0.5, 0.6) is 0 Å². The second-order valence-electron chi connectivity index (χ2n) is 7.30. The van der Waals surface area contributed by atoms with Crippen molar-refractivity contribution < 1.29 is 13.6 Å². The molecule has 1 amide bonds. The van der Waals surface area contributed by atoms with Crippen LogP contribution in [0.25, 0.3) is 33.4 Å². The Kier molecular flexibility index (Phi) is 4.40. The standard InChI is InChI=1S/C25H18N2O4/c1-14-22(28)18-9-6-10-19(24(18)31-23(14)16-7-4-3-5-8-16)25(29)27-17-11-12-21-20(13-17)26-15(2)30-21/h3-13H,1-2H3,(H,27,29). The number of carbonyl (C=O) groups excluding carboxylic acids is 1. The van der Waals surface area contributed by atoms with Gasteiger partial charge < -0.3 is 14.2 Å². The molecule has 0 radical (unpaired) electrons. The summed E-state index contributed by atoms with van der Waals surface area (Å²) in [6.07, 6.45) is 0. The zero-order valence-corrected chi connectivity index (χ0v) is 16.9. The Morgan fingerprint density at radius 1 is 0.935 bits per heavy atom. The van der Waals surface area contributed by atoms with Gasteiger partial charge in [0.1, 0.15) is 11.3 Å². The lowest BCUT2D eigenvalue weighted by Gasteiger charge is -2.11. The Morgan fingerprint density at radius 3 is 2.55 bits per heavy atom. The lowest BCUT2D eigenvalue weighted by molar-refractivity contribution is 0.102. The molecule has 1 N–H and O–H groups in total. The first-order chi connectivity index (χ1) is 15.0. The molecule has 0 aliphatic rings. The van der Waals surface area contributed by atoms with Crippen LogP contribution in [0, 0.1) is 13.8 Å². The van der Waals surface area contributed by atoms with E-state index in [0.717, 1.165) is 5.56 Å². The summed E-state index contributed by atoms with van der Waals surface area (Å²) in [6.45, 7) is 3.50. The van der Waals surface area contributed by atoms with Gasteiger partial charge in [-0.05, 0) is 37.3 Å². The summed E-state index contributed by atoms with van der Waals surface area (Å²) in [4.78, 5) is 30.4. The number of anilines is 1. The Morgan fingerprint density at radius 2 is 1.74 bits per heavy atom. The van der Waals surface area contributed by atoms with Crippen LogP contribution in [0.15, 0.2) is 80.4 Å². The van der Waals surface area contributed by atoms with Gasteiger partial charge in [0.15, 0.2) is 22.5 Å². The molecule has 6 nitrogen and oxygen atoms in total. The second kappa shape index (κ2) is 7.25. The minimum absolute atomic E-state index is 0.158. The number of aromatic nitrogens is 1. The Bertz CT molecular complexity index is 1510. The third-order valence-corrected chi connectivity index (χ3v) is 5.18. The van der Waals surface area contributed by atoms with Crippen molar-refractivity contribution in [2.24, 2.45) is 0 Å². The Labute approximate surface area is 177 Å². The van der Waals surface area contributed by atoms with E-state index in [1.54, 1.807) is 50.2 Å². The number of nitrogens with one attached hydrogen (secondary N) is 1. The van der Waals surface area contributed by atoms with Crippen molar-refractivity contribution in [3.05, 3.63) is 94.0 Å². The summed E-state index contributed by atoms with van der Waals surface area (Å²) < 4.78 is 11.6. The van der Waals surface area contributed by atoms with E-state index in [-0.39, 0.29) is 22.5 Å². The first-order valence-corrected chi connectivity index (χ1v) is 9.81. The van der Waals surface area contributed by atoms with Gasteiger partial charge in [0.2, 0.25) is 0 Å². The predicted molar refractivity (Wildman–Crippen MR) is 119 cm³/mol. The van der Waals surface area contributed by atoms with Crippen molar-refractivity contribution in [2.45, 2.75) is 13.8 Å². The molecule has 5 aromatic rings. The maximum Gasteiger partial charge on any atom is 0.259 e. The zero-order valence-electron chi connectivity index (χ0n) is 16.9. The smallest absolute Gasteiger partial charge is 0.259 e. The number of benzene rings is 3. The Balaban J connectivity index is 1.60. The molecule has 0 spiro atoms. The number of hydrogen-bond donors (Lipinski definition) is 1. The zero-order chi connectivity index (χ0) is 21.5. The lowest BCUT2D eigenvalue weighted by atomic mass is 10.0. The molecule has 3 aromatic carbocycles. The van der Waals surface area contributed by atoms with E-state index in [4.69, 9.17) is 8.83 Å². The highest BCUT2D eigenvalue weighted by Crippen LogP contribution is 2.28. The maximum absolute atomic E-state index is 13.1. The number of hydrogen-bond acceptors (Lipinski definition) is 5. The number of rotatable bonds is 3. The van der Waals surface area contributed by atoms with Gasteiger partial charge in [0.05, 0.1) is 10.9 Å². The Hall–Kier alpha value is -4.19. The first-order valence-electron chi connectivity index (χ1n) is 9.81. The van der Waals surface area contributed by atoms with Crippen molar-refractivity contribution in [3.63, 3.8) is 0 Å². The molecule has 5 rings (SSSR count). The van der Waals surface area contributed by atoms with Crippen LogP contribution >= 0.6 is 0 Å². The molecule has 0 aliphatic carbocycles. The van der Waals surface area contributed by atoms with E-state index >= 15 is 0 Å². The van der Waals surface area contributed by atoms with Gasteiger partial charge in [-0.15, -0.1) is 0 Å². The quantitative estimate of drug-likeness (QED) is 0.426. The van der Waals surface area contributed by atoms with Gasteiger partial charge in [-0.1, -0.05) is 36.4 Å². The fourth-order valence-electron chi connectivity index (χ4n) is 3.67. The highest BCUT2D eigenvalue weighted by atomic mass is 16.3. The number of oxazole rings is 1. The average Bonchev–Trinajstić information content (AvgIpc) is 3.15. The number of carbonyl (C=O) groups is 1. The minimum atomic E-state index is -0.379. The largest absolute Gasteiger partial charge is 0.455 e. The van der Waals surface area contributed by atoms with Gasteiger partial charge in [0.25, 0.3) is 5.91 Å². The molecule has 6 heteroatoms. The number of para-hydroxylation sites is 1. The minimum Gasteiger partial charge on any atom is -0.455 e. The SMILES string of the molecule is Cc1nc2cc(NC(=O)c3cccc4c(=O)c(C)c(-c5ccccc5)oc34)ccc2o1. The summed E-state index contributed by atoms with van der Waals surface area (Å²) in [5.41, 5.74) is 3.53. The summed E-state index contributed by atoms with van der Waals surface area (Å²) in [7, 11) is 0. The van der Waals surface area contributed by atoms with Gasteiger partial charge in [-0.25, -0.2) is 4.98 Å². The van der Waals surface area contributed by atoms with Crippen molar-refractivity contribution >= 4 is 33.7 Å². The molecular weight excluding hydrogens is 392 g/mol.